The van der Waals surface area contributed by atoms with Crippen molar-refractivity contribution in [2.24, 2.45) is 4.99 Å². The minimum atomic E-state index is 0.584. The molecule has 1 aromatic rings. The molecule has 1 aromatic carbocycles. The lowest BCUT2D eigenvalue weighted by Crippen LogP contribution is -2.37. The molecule has 1 N–H and O–H groups in total. The molecular weight excluding hydrogens is 252 g/mol. The summed E-state index contributed by atoms with van der Waals surface area (Å²) in [7, 11) is 0. The maximum absolute atomic E-state index is 4.72. The quantitative estimate of drug-likeness (QED) is 0.877. The average Bonchev–Trinajstić information content (AvgIpc) is 2.48. The Morgan fingerprint density at radius 2 is 2.16 bits per heavy atom. The SMILES string of the molecule is CCC1CCSC(=NCCC(C)c2ccccc2)N1. The number of rotatable bonds is 5. The summed E-state index contributed by atoms with van der Waals surface area (Å²) in [5.74, 6) is 1.79. The minimum absolute atomic E-state index is 0.584. The molecule has 0 aliphatic carbocycles. The van der Waals surface area contributed by atoms with Gasteiger partial charge >= 0.3 is 0 Å². The van der Waals surface area contributed by atoms with E-state index in [0.717, 1.165) is 18.1 Å². The number of nitrogens with zero attached hydrogens (tertiary/aromatic N) is 1. The molecule has 3 heteroatoms. The van der Waals surface area contributed by atoms with Crippen LogP contribution in [0.1, 0.15) is 44.6 Å². The predicted molar refractivity (Wildman–Crippen MR) is 86.1 cm³/mol. The Morgan fingerprint density at radius 1 is 1.37 bits per heavy atom. The Morgan fingerprint density at radius 3 is 2.89 bits per heavy atom. The highest BCUT2D eigenvalue weighted by Crippen LogP contribution is 2.19. The molecule has 1 aliphatic heterocycles. The summed E-state index contributed by atoms with van der Waals surface area (Å²) in [6.07, 6.45) is 3.58. The fourth-order valence-corrected chi connectivity index (χ4v) is 3.32. The molecule has 0 spiro atoms. The second kappa shape index (κ2) is 7.59. The van der Waals surface area contributed by atoms with Crippen LogP contribution < -0.4 is 5.32 Å². The van der Waals surface area contributed by atoms with Crippen molar-refractivity contribution < 1.29 is 0 Å². The van der Waals surface area contributed by atoms with Crippen LogP contribution in [0, 0.1) is 0 Å². The number of amidine groups is 1. The van der Waals surface area contributed by atoms with Crippen molar-refractivity contribution in [2.45, 2.75) is 45.1 Å². The molecule has 1 aliphatic rings. The number of benzene rings is 1. The van der Waals surface area contributed by atoms with Gasteiger partial charge in [-0.05, 0) is 30.7 Å². The molecule has 0 bridgehead atoms. The molecule has 2 unspecified atom stereocenters. The zero-order chi connectivity index (χ0) is 13.5. The van der Waals surface area contributed by atoms with Gasteiger partial charge in [0.2, 0.25) is 0 Å². The van der Waals surface area contributed by atoms with E-state index in [1.807, 2.05) is 11.8 Å². The van der Waals surface area contributed by atoms with Crippen LogP contribution in [-0.4, -0.2) is 23.5 Å². The first kappa shape index (κ1) is 14.4. The maximum atomic E-state index is 4.72. The van der Waals surface area contributed by atoms with E-state index in [4.69, 9.17) is 4.99 Å². The predicted octanol–water partition coefficient (Wildman–Crippen LogP) is 4.04. The minimum Gasteiger partial charge on any atom is -0.362 e. The van der Waals surface area contributed by atoms with Crippen LogP contribution in [0.4, 0.5) is 0 Å². The van der Waals surface area contributed by atoms with Crippen LogP contribution in [0.15, 0.2) is 35.3 Å². The van der Waals surface area contributed by atoms with Gasteiger partial charge in [0.25, 0.3) is 0 Å². The summed E-state index contributed by atoms with van der Waals surface area (Å²) >= 11 is 1.87. The van der Waals surface area contributed by atoms with Crippen molar-refractivity contribution in [3.8, 4) is 0 Å². The topological polar surface area (TPSA) is 24.4 Å². The fraction of sp³-hybridized carbons (Fsp3) is 0.562. The van der Waals surface area contributed by atoms with Crippen molar-refractivity contribution in [2.75, 3.05) is 12.3 Å². The van der Waals surface area contributed by atoms with Crippen LogP contribution in [0.25, 0.3) is 0 Å². The summed E-state index contributed by atoms with van der Waals surface area (Å²) in [4.78, 5) is 4.72. The molecule has 0 saturated carbocycles. The molecule has 0 amide bonds. The van der Waals surface area contributed by atoms with Gasteiger partial charge in [-0.1, -0.05) is 55.9 Å². The van der Waals surface area contributed by atoms with E-state index in [0.29, 0.717) is 12.0 Å². The standard InChI is InChI=1S/C16H24N2S/c1-3-15-10-12-19-16(18-15)17-11-9-13(2)14-7-5-4-6-8-14/h4-8,13,15H,3,9-12H2,1-2H3,(H,17,18). The Labute approximate surface area is 121 Å². The largest absolute Gasteiger partial charge is 0.362 e. The van der Waals surface area contributed by atoms with E-state index in [1.165, 1.54) is 24.2 Å². The second-order valence-corrected chi connectivity index (χ2v) is 6.26. The summed E-state index contributed by atoms with van der Waals surface area (Å²) in [5.41, 5.74) is 1.42. The molecule has 104 valence electrons. The third-order valence-corrected chi connectivity index (χ3v) is 4.67. The van der Waals surface area contributed by atoms with Gasteiger partial charge in [-0.15, -0.1) is 0 Å². The summed E-state index contributed by atoms with van der Waals surface area (Å²) < 4.78 is 0. The van der Waals surface area contributed by atoms with Crippen LogP contribution >= 0.6 is 11.8 Å². The van der Waals surface area contributed by atoms with E-state index in [2.05, 4.69) is 49.5 Å². The Kier molecular flexibility index (Phi) is 5.77. The molecule has 1 heterocycles. The average molecular weight is 276 g/mol. The van der Waals surface area contributed by atoms with E-state index in [9.17, 15) is 0 Å². The number of nitrogens with one attached hydrogen (secondary N) is 1. The smallest absolute Gasteiger partial charge is 0.156 e. The number of hydrogen-bond donors (Lipinski definition) is 1. The van der Waals surface area contributed by atoms with Gasteiger partial charge in [0.1, 0.15) is 0 Å². The highest BCUT2D eigenvalue weighted by atomic mass is 32.2. The highest BCUT2D eigenvalue weighted by molar-refractivity contribution is 8.13. The number of hydrogen-bond acceptors (Lipinski definition) is 2. The van der Waals surface area contributed by atoms with Gasteiger partial charge in [-0.25, -0.2) is 0 Å². The molecule has 0 radical (unpaired) electrons. The van der Waals surface area contributed by atoms with Crippen LogP contribution in [0.3, 0.4) is 0 Å². The first-order valence-electron chi connectivity index (χ1n) is 7.28. The summed E-state index contributed by atoms with van der Waals surface area (Å²) in [6.45, 7) is 5.44. The van der Waals surface area contributed by atoms with E-state index >= 15 is 0 Å². The summed E-state index contributed by atoms with van der Waals surface area (Å²) in [5, 5.41) is 4.68. The Bertz CT molecular complexity index is 402. The Balaban J connectivity index is 1.79. The normalized spacial score (nSPS) is 23.1. The zero-order valence-corrected chi connectivity index (χ0v) is 12.7. The van der Waals surface area contributed by atoms with Crippen molar-refractivity contribution in [3.63, 3.8) is 0 Å². The van der Waals surface area contributed by atoms with Gasteiger partial charge in [0, 0.05) is 18.3 Å². The molecule has 2 rings (SSSR count). The maximum Gasteiger partial charge on any atom is 0.156 e. The highest BCUT2D eigenvalue weighted by Gasteiger charge is 2.15. The van der Waals surface area contributed by atoms with Gasteiger partial charge < -0.3 is 5.32 Å². The van der Waals surface area contributed by atoms with Crippen molar-refractivity contribution in [3.05, 3.63) is 35.9 Å². The van der Waals surface area contributed by atoms with Gasteiger partial charge in [-0.2, -0.15) is 0 Å². The molecule has 2 atom stereocenters. The molecular formula is C16H24N2S. The monoisotopic (exact) mass is 276 g/mol. The third kappa shape index (κ3) is 4.57. The second-order valence-electron chi connectivity index (χ2n) is 5.17. The van der Waals surface area contributed by atoms with Gasteiger partial charge in [0.05, 0.1) is 0 Å². The van der Waals surface area contributed by atoms with Gasteiger partial charge in [0.15, 0.2) is 5.17 Å². The lowest BCUT2D eigenvalue weighted by molar-refractivity contribution is 0.569. The molecule has 0 aromatic heterocycles. The van der Waals surface area contributed by atoms with Crippen LogP contribution in [0.2, 0.25) is 0 Å². The lowest BCUT2D eigenvalue weighted by Gasteiger charge is -2.24. The number of thioether (sulfide) groups is 1. The first-order chi connectivity index (χ1) is 9.29. The van der Waals surface area contributed by atoms with Crippen molar-refractivity contribution in [1.29, 1.82) is 0 Å². The molecule has 1 fully saturated rings. The fourth-order valence-electron chi connectivity index (χ4n) is 2.29. The summed E-state index contributed by atoms with van der Waals surface area (Å²) in [6, 6.07) is 11.3. The lowest BCUT2D eigenvalue weighted by atomic mass is 9.98. The van der Waals surface area contributed by atoms with E-state index < -0.39 is 0 Å². The van der Waals surface area contributed by atoms with Gasteiger partial charge in [-0.3, -0.25) is 4.99 Å². The van der Waals surface area contributed by atoms with E-state index in [-0.39, 0.29) is 0 Å². The van der Waals surface area contributed by atoms with Crippen molar-refractivity contribution in [1.82, 2.24) is 5.32 Å². The molecule has 2 nitrogen and oxygen atoms in total. The van der Waals surface area contributed by atoms with Crippen LogP contribution in [-0.2, 0) is 0 Å². The first-order valence-corrected chi connectivity index (χ1v) is 8.27. The molecule has 19 heavy (non-hydrogen) atoms. The van der Waals surface area contributed by atoms with Crippen LogP contribution in [0.5, 0.6) is 0 Å². The zero-order valence-electron chi connectivity index (χ0n) is 11.9. The van der Waals surface area contributed by atoms with E-state index in [1.54, 1.807) is 0 Å². The number of aliphatic imine (C=N–C) groups is 1. The third-order valence-electron chi connectivity index (χ3n) is 3.71. The van der Waals surface area contributed by atoms with Crippen molar-refractivity contribution >= 4 is 16.9 Å². The molecule has 1 saturated heterocycles. The Hall–Kier alpha value is -0.960.